The minimum absolute atomic E-state index is 0.197. The van der Waals surface area contributed by atoms with Crippen LogP contribution in [0.3, 0.4) is 0 Å². The van der Waals surface area contributed by atoms with Crippen LogP contribution in [0.2, 0.25) is 0 Å². The summed E-state index contributed by atoms with van der Waals surface area (Å²) >= 11 is 2.29. The second-order valence-corrected chi connectivity index (χ2v) is 5.01. The van der Waals surface area contributed by atoms with E-state index in [-0.39, 0.29) is 5.76 Å². The molecule has 2 aromatic carbocycles. The van der Waals surface area contributed by atoms with E-state index in [1.807, 2.05) is 42.5 Å². The van der Waals surface area contributed by atoms with Gasteiger partial charge in [-0.25, -0.2) is 0 Å². The summed E-state index contributed by atoms with van der Waals surface area (Å²) < 4.78 is 1.18. The molecule has 2 aromatic rings. The van der Waals surface area contributed by atoms with Crippen LogP contribution in [-0.2, 0) is 6.54 Å². The molecule has 3 heteroatoms. The summed E-state index contributed by atoms with van der Waals surface area (Å²) in [6.07, 6.45) is 0. The number of hydrogen-bond donors (Lipinski definition) is 0. The van der Waals surface area contributed by atoms with Crippen molar-refractivity contribution in [2.24, 2.45) is 0 Å². The molecule has 18 heavy (non-hydrogen) atoms. The maximum atomic E-state index is 11.4. The highest BCUT2D eigenvalue weighted by atomic mass is 127. The van der Waals surface area contributed by atoms with Crippen molar-refractivity contribution in [3.8, 4) is 0 Å². The van der Waals surface area contributed by atoms with Gasteiger partial charge >= 0.3 is 0 Å². The number of nitrogens with zero attached hydrogens (tertiary/aromatic N) is 1. The summed E-state index contributed by atoms with van der Waals surface area (Å²) in [6, 6.07) is 15.4. The Balaban J connectivity index is 2.16. The van der Waals surface area contributed by atoms with Gasteiger partial charge in [0, 0.05) is 3.57 Å². The van der Waals surface area contributed by atoms with Gasteiger partial charge < -0.3 is 10.4 Å². The Labute approximate surface area is 120 Å². The smallest absolute Gasteiger partial charge is 0.0147 e. The van der Waals surface area contributed by atoms with Crippen molar-refractivity contribution in [1.82, 2.24) is 0 Å². The molecule has 2 nitrogen and oxygen atoms in total. The van der Waals surface area contributed by atoms with Gasteiger partial charge in [0.1, 0.15) is 0 Å². The number of benzene rings is 2. The third-order valence-electron chi connectivity index (χ3n) is 2.58. The monoisotopic (exact) mass is 349 g/mol. The predicted octanol–water partition coefficient (Wildman–Crippen LogP) is 3.83. The molecule has 0 saturated heterocycles. The highest BCUT2D eigenvalue weighted by Crippen LogP contribution is 2.29. The number of halogens is 1. The van der Waals surface area contributed by atoms with E-state index in [1.165, 1.54) is 3.57 Å². The molecule has 2 rings (SSSR count). The Bertz CT molecular complexity index is 566. The van der Waals surface area contributed by atoms with E-state index < -0.39 is 0 Å². The van der Waals surface area contributed by atoms with Crippen LogP contribution in [0, 0.1) is 3.57 Å². The minimum Gasteiger partial charge on any atom is -0.872 e. The first kappa shape index (κ1) is 13.0. The normalized spacial score (nSPS) is 10.1. The molecule has 0 aliphatic carbocycles. The van der Waals surface area contributed by atoms with Crippen molar-refractivity contribution in [2.45, 2.75) is 6.54 Å². The fraction of sp³-hybridized carbons (Fsp3) is 0.0667. The van der Waals surface area contributed by atoms with Crippen molar-refractivity contribution in [3.63, 3.8) is 0 Å². The zero-order valence-corrected chi connectivity index (χ0v) is 11.9. The number of hydrogen-bond acceptors (Lipinski definition) is 1. The lowest BCUT2D eigenvalue weighted by Gasteiger charge is -2.27. The highest BCUT2D eigenvalue weighted by molar-refractivity contribution is 14.1. The van der Waals surface area contributed by atoms with Gasteiger partial charge in [0.05, 0.1) is 0 Å². The summed E-state index contributed by atoms with van der Waals surface area (Å²) in [7, 11) is 0. The second kappa shape index (κ2) is 5.91. The Morgan fingerprint density at radius 2 is 1.78 bits per heavy atom. The predicted molar refractivity (Wildman–Crippen MR) is 81.4 cm³/mol. The maximum absolute atomic E-state index is 11.4. The lowest BCUT2D eigenvalue weighted by molar-refractivity contribution is -0.243. The first-order chi connectivity index (χ1) is 8.68. The average Bonchev–Trinajstić information content (AvgIpc) is 2.38. The molecule has 0 aromatic heterocycles. The fourth-order valence-electron chi connectivity index (χ4n) is 1.64. The first-order valence-corrected chi connectivity index (χ1v) is 6.62. The summed E-state index contributed by atoms with van der Waals surface area (Å²) in [5.74, 6) is -0.197. The van der Waals surface area contributed by atoms with Crippen LogP contribution in [0.25, 0.3) is 11.1 Å². The molecule has 0 N–H and O–H groups in total. The van der Waals surface area contributed by atoms with Crippen molar-refractivity contribution in [3.05, 3.63) is 75.1 Å². The zero-order valence-electron chi connectivity index (χ0n) is 9.77. The Morgan fingerprint density at radius 1 is 1.11 bits per heavy atom. The van der Waals surface area contributed by atoms with Gasteiger partial charge in [0.15, 0.2) is 0 Å². The maximum Gasteiger partial charge on any atom is 0.0147 e. The van der Waals surface area contributed by atoms with Crippen LogP contribution in [0.4, 0.5) is 5.69 Å². The number of rotatable bonds is 4. The molecule has 0 radical (unpaired) electrons. The molecule has 0 spiro atoms. The molecule has 0 amide bonds. The van der Waals surface area contributed by atoms with E-state index in [0.717, 1.165) is 5.56 Å². The third-order valence-corrected chi connectivity index (χ3v) is 3.63. The molecule has 0 saturated carbocycles. The van der Waals surface area contributed by atoms with Crippen molar-refractivity contribution in [1.29, 1.82) is 0 Å². The minimum atomic E-state index is -0.197. The van der Waals surface area contributed by atoms with E-state index in [2.05, 4.69) is 34.5 Å². The average molecular weight is 349 g/mol. The summed E-state index contributed by atoms with van der Waals surface area (Å²) in [5, 5.41) is 15.9. The molecule has 92 valence electrons. The first-order valence-electron chi connectivity index (χ1n) is 5.54. The zero-order chi connectivity index (χ0) is 13.0. The Kier molecular flexibility index (Phi) is 4.25. The Morgan fingerprint density at radius 3 is 2.50 bits per heavy atom. The van der Waals surface area contributed by atoms with Crippen LogP contribution in [0.1, 0.15) is 11.1 Å². The molecule has 0 heterocycles. The van der Waals surface area contributed by atoms with Crippen LogP contribution in [0.15, 0.2) is 55.1 Å². The quantitative estimate of drug-likeness (QED) is 0.611. The fourth-order valence-corrected chi connectivity index (χ4v) is 2.20. The number of para-hydroxylation sites is 1. The SMILES string of the molecule is C=C([O-])c1ccccc1[N-]Cc1ccccc1I. The van der Waals surface area contributed by atoms with Gasteiger partial charge in [0.2, 0.25) is 0 Å². The van der Waals surface area contributed by atoms with Crippen LogP contribution < -0.4 is 5.11 Å². The molecular weight excluding hydrogens is 337 g/mol. The van der Waals surface area contributed by atoms with Gasteiger partial charge in [0.25, 0.3) is 0 Å². The Hall–Kier alpha value is -1.49. The van der Waals surface area contributed by atoms with E-state index in [1.54, 1.807) is 6.07 Å². The molecule has 0 fully saturated rings. The van der Waals surface area contributed by atoms with E-state index in [9.17, 15) is 5.11 Å². The van der Waals surface area contributed by atoms with Crippen molar-refractivity contribution >= 4 is 34.0 Å². The lowest BCUT2D eigenvalue weighted by atomic mass is 10.1. The van der Waals surface area contributed by atoms with Gasteiger partial charge in [-0.15, -0.1) is 24.6 Å². The lowest BCUT2D eigenvalue weighted by Crippen LogP contribution is -2.00. The summed E-state index contributed by atoms with van der Waals surface area (Å²) in [4.78, 5) is 0. The molecular formula is C15H12INO-2. The summed E-state index contributed by atoms with van der Waals surface area (Å²) in [5.41, 5.74) is 2.44. The van der Waals surface area contributed by atoms with Crippen LogP contribution in [0.5, 0.6) is 0 Å². The van der Waals surface area contributed by atoms with E-state index >= 15 is 0 Å². The third kappa shape index (κ3) is 3.04. The van der Waals surface area contributed by atoms with Gasteiger partial charge in [-0.05, 0) is 34.2 Å². The largest absolute Gasteiger partial charge is 0.872 e. The second-order valence-electron chi connectivity index (χ2n) is 3.85. The molecule has 0 atom stereocenters. The van der Waals surface area contributed by atoms with E-state index in [0.29, 0.717) is 17.8 Å². The topological polar surface area (TPSA) is 37.2 Å². The molecule has 0 unspecified atom stereocenters. The highest BCUT2D eigenvalue weighted by Gasteiger charge is 1.94. The molecule has 0 aliphatic rings. The van der Waals surface area contributed by atoms with Crippen LogP contribution >= 0.6 is 22.6 Å². The van der Waals surface area contributed by atoms with Gasteiger partial charge in [-0.3, -0.25) is 0 Å². The van der Waals surface area contributed by atoms with Crippen molar-refractivity contribution in [2.75, 3.05) is 0 Å². The molecule has 0 aliphatic heterocycles. The van der Waals surface area contributed by atoms with Crippen molar-refractivity contribution < 1.29 is 5.11 Å². The van der Waals surface area contributed by atoms with Gasteiger partial charge in [-0.1, -0.05) is 48.0 Å². The van der Waals surface area contributed by atoms with E-state index in [4.69, 9.17) is 0 Å². The standard InChI is InChI=1S/C15H13INO/c1-11(18)13-7-3-5-9-15(13)17-10-12-6-2-4-8-14(12)16/h2-9,18H,1,10H2/q-1/p-1. The van der Waals surface area contributed by atoms with Gasteiger partial charge in [-0.2, -0.15) is 0 Å². The van der Waals surface area contributed by atoms with Crippen LogP contribution in [-0.4, -0.2) is 0 Å². The molecule has 0 bridgehead atoms. The summed E-state index contributed by atoms with van der Waals surface area (Å²) in [6.45, 7) is 4.01.